The fourth-order valence-electron chi connectivity index (χ4n) is 1.80. The van der Waals surface area contributed by atoms with Crippen LogP contribution in [0.1, 0.15) is 19.3 Å². The van der Waals surface area contributed by atoms with Gasteiger partial charge in [-0.25, -0.2) is 0 Å². The SMILES string of the molecule is O=C(CCn1cc(Br)cn1)NC[C@@H]1CCCO1. The fourth-order valence-corrected chi connectivity index (χ4v) is 2.13. The van der Waals surface area contributed by atoms with Crippen LogP contribution in [0.15, 0.2) is 16.9 Å². The molecule has 5 nitrogen and oxygen atoms in total. The molecule has 1 saturated heterocycles. The van der Waals surface area contributed by atoms with Gasteiger partial charge in [0.1, 0.15) is 0 Å². The Hall–Kier alpha value is -0.880. The maximum Gasteiger partial charge on any atom is 0.221 e. The summed E-state index contributed by atoms with van der Waals surface area (Å²) in [5.41, 5.74) is 0. The van der Waals surface area contributed by atoms with Gasteiger partial charge < -0.3 is 10.1 Å². The third-order valence-corrected chi connectivity index (χ3v) is 3.13. The van der Waals surface area contributed by atoms with E-state index in [-0.39, 0.29) is 12.0 Å². The van der Waals surface area contributed by atoms with Crippen LogP contribution >= 0.6 is 15.9 Å². The quantitative estimate of drug-likeness (QED) is 0.893. The summed E-state index contributed by atoms with van der Waals surface area (Å²) >= 11 is 3.31. The van der Waals surface area contributed by atoms with Gasteiger partial charge in [0.05, 0.1) is 16.8 Å². The Morgan fingerprint density at radius 1 is 1.71 bits per heavy atom. The number of carbonyl (C=O) groups is 1. The van der Waals surface area contributed by atoms with Gasteiger partial charge in [-0.15, -0.1) is 0 Å². The molecule has 1 aromatic heterocycles. The van der Waals surface area contributed by atoms with Crippen LogP contribution in [0.2, 0.25) is 0 Å². The normalized spacial score (nSPS) is 19.5. The molecule has 1 aromatic rings. The second kappa shape index (κ2) is 6.16. The summed E-state index contributed by atoms with van der Waals surface area (Å²) in [5.74, 6) is 0.0483. The number of rotatable bonds is 5. The van der Waals surface area contributed by atoms with Crippen LogP contribution in [-0.2, 0) is 16.1 Å². The molecule has 0 aromatic carbocycles. The molecule has 6 heteroatoms. The van der Waals surface area contributed by atoms with Crippen molar-refractivity contribution in [3.05, 3.63) is 16.9 Å². The number of nitrogens with one attached hydrogen (secondary N) is 1. The fraction of sp³-hybridized carbons (Fsp3) is 0.636. The van der Waals surface area contributed by atoms with Gasteiger partial charge in [-0.3, -0.25) is 9.48 Å². The minimum absolute atomic E-state index is 0.0483. The molecule has 1 atom stereocenters. The topological polar surface area (TPSA) is 56.2 Å². The molecule has 1 aliphatic rings. The highest BCUT2D eigenvalue weighted by molar-refractivity contribution is 9.10. The van der Waals surface area contributed by atoms with E-state index >= 15 is 0 Å². The molecule has 0 bridgehead atoms. The molecule has 0 aliphatic carbocycles. The zero-order chi connectivity index (χ0) is 12.1. The van der Waals surface area contributed by atoms with E-state index < -0.39 is 0 Å². The van der Waals surface area contributed by atoms with Crippen LogP contribution < -0.4 is 5.32 Å². The Kier molecular flexibility index (Phi) is 4.56. The van der Waals surface area contributed by atoms with Crippen LogP contribution in [0.5, 0.6) is 0 Å². The highest BCUT2D eigenvalue weighted by Crippen LogP contribution is 2.10. The standard InChI is InChI=1S/C11H16BrN3O2/c12-9-6-14-15(8-9)4-3-11(16)13-7-10-2-1-5-17-10/h6,8,10H,1-5,7H2,(H,13,16)/t10-/m0/s1. The molecule has 0 spiro atoms. The van der Waals surface area contributed by atoms with Gasteiger partial charge in [0.25, 0.3) is 0 Å². The highest BCUT2D eigenvalue weighted by atomic mass is 79.9. The van der Waals surface area contributed by atoms with E-state index in [9.17, 15) is 4.79 Å². The van der Waals surface area contributed by atoms with Crippen molar-refractivity contribution >= 4 is 21.8 Å². The van der Waals surface area contributed by atoms with Gasteiger partial charge in [0, 0.05) is 32.3 Å². The van der Waals surface area contributed by atoms with Gasteiger partial charge in [-0.2, -0.15) is 5.10 Å². The molecule has 0 radical (unpaired) electrons. The second-order valence-corrected chi connectivity index (χ2v) is 5.03. The molecule has 94 valence electrons. The Bertz CT molecular complexity index is 375. The minimum Gasteiger partial charge on any atom is -0.376 e. The maximum absolute atomic E-state index is 11.6. The lowest BCUT2D eigenvalue weighted by Gasteiger charge is -2.10. The van der Waals surface area contributed by atoms with E-state index in [0.29, 0.717) is 19.5 Å². The third kappa shape index (κ3) is 4.12. The molecule has 2 rings (SSSR count). The van der Waals surface area contributed by atoms with Crippen LogP contribution in [0, 0.1) is 0 Å². The van der Waals surface area contributed by atoms with E-state index in [4.69, 9.17) is 4.74 Å². The molecule has 1 amide bonds. The first-order chi connectivity index (χ1) is 8.24. The number of hydrogen-bond acceptors (Lipinski definition) is 3. The number of nitrogens with zero attached hydrogens (tertiary/aromatic N) is 2. The van der Waals surface area contributed by atoms with Gasteiger partial charge >= 0.3 is 0 Å². The molecule has 2 heterocycles. The average molecular weight is 302 g/mol. The lowest BCUT2D eigenvalue weighted by Crippen LogP contribution is -2.32. The molecular formula is C11H16BrN3O2. The minimum atomic E-state index is 0.0483. The van der Waals surface area contributed by atoms with Crippen LogP contribution in [0.3, 0.4) is 0 Å². The Morgan fingerprint density at radius 3 is 3.24 bits per heavy atom. The Labute approximate surface area is 109 Å². The number of amides is 1. The van der Waals surface area contributed by atoms with Crippen molar-refractivity contribution < 1.29 is 9.53 Å². The van der Waals surface area contributed by atoms with E-state index in [1.165, 1.54) is 0 Å². The third-order valence-electron chi connectivity index (χ3n) is 2.72. The van der Waals surface area contributed by atoms with E-state index in [2.05, 4.69) is 26.3 Å². The van der Waals surface area contributed by atoms with Crippen LogP contribution in [-0.4, -0.2) is 34.9 Å². The van der Waals surface area contributed by atoms with Crippen LogP contribution in [0.4, 0.5) is 0 Å². The molecule has 0 saturated carbocycles. The largest absolute Gasteiger partial charge is 0.376 e. The highest BCUT2D eigenvalue weighted by Gasteiger charge is 2.15. The number of ether oxygens (including phenoxy) is 1. The number of hydrogen-bond donors (Lipinski definition) is 1. The van der Waals surface area contributed by atoms with Crippen molar-refractivity contribution in [1.82, 2.24) is 15.1 Å². The lowest BCUT2D eigenvalue weighted by atomic mass is 10.2. The van der Waals surface area contributed by atoms with E-state index in [1.54, 1.807) is 10.9 Å². The Morgan fingerprint density at radius 2 is 2.59 bits per heavy atom. The summed E-state index contributed by atoms with van der Waals surface area (Å²) in [6.07, 6.45) is 6.37. The molecule has 1 aliphatic heterocycles. The summed E-state index contributed by atoms with van der Waals surface area (Å²) in [5, 5.41) is 6.98. The monoisotopic (exact) mass is 301 g/mol. The summed E-state index contributed by atoms with van der Waals surface area (Å²) < 4.78 is 8.10. The van der Waals surface area contributed by atoms with E-state index in [0.717, 1.165) is 23.9 Å². The average Bonchev–Trinajstić information content (AvgIpc) is 2.95. The lowest BCUT2D eigenvalue weighted by molar-refractivity contribution is -0.121. The number of aromatic nitrogens is 2. The summed E-state index contributed by atoms with van der Waals surface area (Å²) in [7, 11) is 0. The van der Waals surface area contributed by atoms with Gasteiger partial charge in [-0.1, -0.05) is 0 Å². The number of aryl methyl sites for hydroxylation is 1. The van der Waals surface area contributed by atoms with Crippen LogP contribution in [0.25, 0.3) is 0 Å². The van der Waals surface area contributed by atoms with Crippen molar-refractivity contribution in [2.75, 3.05) is 13.2 Å². The zero-order valence-electron chi connectivity index (χ0n) is 9.56. The van der Waals surface area contributed by atoms with Crippen molar-refractivity contribution in [2.24, 2.45) is 0 Å². The van der Waals surface area contributed by atoms with Gasteiger partial charge in [-0.05, 0) is 28.8 Å². The molecular weight excluding hydrogens is 286 g/mol. The number of carbonyl (C=O) groups excluding carboxylic acids is 1. The first-order valence-electron chi connectivity index (χ1n) is 5.80. The van der Waals surface area contributed by atoms with Crippen molar-refractivity contribution in [1.29, 1.82) is 0 Å². The second-order valence-electron chi connectivity index (χ2n) is 4.11. The van der Waals surface area contributed by atoms with E-state index in [1.807, 2.05) is 6.20 Å². The predicted octanol–water partition coefficient (Wildman–Crippen LogP) is 1.33. The van der Waals surface area contributed by atoms with Crippen molar-refractivity contribution in [3.63, 3.8) is 0 Å². The summed E-state index contributed by atoms with van der Waals surface area (Å²) in [6, 6.07) is 0. The molecule has 1 fully saturated rings. The van der Waals surface area contributed by atoms with Crippen molar-refractivity contribution in [3.8, 4) is 0 Å². The molecule has 0 unspecified atom stereocenters. The first kappa shape index (κ1) is 12.6. The van der Waals surface area contributed by atoms with Crippen molar-refractivity contribution in [2.45, 2.75) is 31.9 Å². The van der Waals surface area contributed by atoms with Gasteiger partial charge in [0.2, 0.25) is 5.91 Å². The maximum atomic E-state index is 11.6. The Balaban J connectivity index is 1.63. The number of halogens is 1. The molecule has 1 N–H and O–H groups in total. The summed E-state index contributed by atoms with van der Waals surface area (Å²) in [6.45, 7) is 2.05. The zero-order valence-corrected chi connectivity index (χ0v) is 11.1. The van der Waals surface area contributed by atoms with Gasteiger partial charge in [0.15, 0.2) is 0 Å². The molecule has 17 heavy (non-hydrogen) atoms. The predicted molar refractivity (Wildman–Crippen MR) is 66.5 cm³/mol. The first-order valence-corrected chi connectivity index (χ1v) is 6.59. The smallest absolute Gasteiger partial charge is 0.221 e. The summed E-state index contributed by atoms with van der Waals surface area (Å²) in [4.78, 5) is 11.6.